The van der Waals surface area contributed by atoms with Gasteiger partial charge in [0.05, 0.1) is 12.0 Å². The number of hydrogen-bond acceptors (Lipinski definition) is 3. The summed E-state index contributed by atoms with van der Waals surface area (Å²) in [4.78, 5) is 19.0. The van der Waals surface area contributed by atoms with Crippen molar-refractivity contribution in [3.05, 3.63) is 35.9 Å². The van der Waals surface area contributed by atoms with Crippen LogP contribution in [0, 0.1) is 5.41 Å². The number of nitrogens with one attached hydrogen (secondary N) is 2. The van der Waals surface area contributed by atoms with Crippen molar-refractivity contribution in [1.82, 2.24) is 15.5 Å². The second-order valence-electron chi connectivity index (χ2n) is 7.88. The fourth-order valence-corrected chi connectivity index (χ4v) is 3.71. The minimum Gasteiger partial charge on any atom is -0.384 e. The number of amides is 1. The average molecular weight is 375 g/mol. The molecule has 150 valence electrons. The molecule has 1 saturated carbocycles. The van der Waals surface area contributed by atoms with Crippen LogP contribution in [0.3, 0.4) is 0 Å². The summed E-state index contributed by atoms with van der Waals surface area (Å²) in [6, 6.07) is 9.55. The van der Waals surface area contributed by atoms with Gasteiger partial charge in [-0.15, -0.1) is 0 Å². The molecule has 0 spiro atoms. The maximum Gasteiger partial charge on any atom is 0.230 e. The number of carbonyl (C=O) groups excluding carboxylic acids is 1. The standard InChI is InChI=1S/C21H34N4O2/c1-5-22-19(23-15-20(2,27)17-11-7-6-8-12-17)24-16-21(13-9-10-14-21)18(26)25(3)4/h6-8,11-12,27H,5,9-10,13-16H2,1-4H3,(H2,22,23,24). The van der Waals surface area contributed by atoms with Crippen molar-refractivity contribution in [2.24, 2.45) is 10.4 Å². The number of rotatable bonds is 7. The zero-order valence-corrected chi connectivity index (χ0v) is 17.1. The first-order valence-corrected chi connectivity index (χ1v) is 9.82. The van der Waals surface area contributed by atoms with Crippen molar-refractivity contribution in [2.75, 3.05) is 33.7 Å². The van der Waals surface area contributed by atoms with E-state index in [-0.39, 0.29) is 17.9 Å². The van der Waals surface area contributed by atoms with E-state index in [0.29, 0.717) is 19.0 Å². The highest BCUT2D eigenvalue weighted by Crippen LogP contribution is 2.38. The molecule has 0 bridgehead atoms. The lowest BCUT2D eigenvalue weighted by molar-refractivity contribution is -0.138. The fraction of sp³-hybridized carbons (Fsp3) is 0.619. The lowest BCUT2D eigenvalue weighted by Crippen LogP contribution is -2.49. The van der Waals surface area contributed by atoms with Gasteiger partial charge in [-0.3, -0.25) is 4.79 Å². The Hall–Kier alpha value is -2.08. The lowest BCUT2D eigenvalue weighted by atomic mass is 9.84. The largest absolute Gasteiger partial charge is 0.384 e. The molecule has 1 aliphatic carbocycles. The molecule has 1 amide bonds. The molecule has 0 aromatic heterocycles. The monoisotopic (exact) mass is 374 g/mol. The second-order valence-corrected chi connectivity index (χ2v) is 7.88. The summed E-state index contributed by atoms with van der Waals surface area (Å²) >= 11 is 0. The van der Waals surface area contributed by atoms with Gasteiger partial charge in [0.25, 0.3) is 0 Å². The number of hydrogen-bond donors (Lipinski definition) is 3. The number of aliphatic hydroxyl groups is 1. The molecule has 0 saturated heterocycles. The first-order valence-electron chi connectivity index (χ1n) is 9.82. The normalized spacial score (nSPS) is 18.6. The minimum absolute atomic E-state index is 0.180. The van der Waals surface area contributed by atoms with E-state index in [1.54, 1.807) is 11.8 Å². The maximum absolute atomic E-state index is 12.7. The SMILES string of the molecule is CCNC(=NCC(C)(O)c1ccccc1)NCC1(C(=O)N(C)C)CCCC1. The Morgan fingerprint density at radius 2 is 1.85 bits per heavy atom. The van der Waals surface area contributed by atoms with E-state index < -0.39 is 5.60 Å². The van der Waals surface area contributed by atoms with Gasteiger partial charge in [0.1, 0.15) is 5.60 Å². The van der Waals surface area contributed by atoms with Gasteiger partial charge in [0.2, 0.25) is 5.91 Å². The molecule has 0 heterocycles. The molecule has 6 heteroatoms. The highest BCUT2D eigenvalue weighted by atomic mass is 16.3. The van der Waals surface area contributed by atoms with Crippen LogP contribution in [0.2, 0.25) is 0 Å². The lowest BCUT2D eigenvalue weighted by Gasteiger charge is -2.31. The van der Waals surface area contributed by atoms with Crippen molar-refractivity contribution in [2.45, 2.75) is 45.1 Å². The fourth-order valence-electron chi connectivity index (χ4n) is 3.71. The third kappa shape index (κ3) is 5.45. The van der Waals surface area contributed by atoms with Crippen LogP contribution in [-0.4, -0.2) is 55.6 Å². The maximum atomic E-state index is 12.7. The molecule has 1 aromatic carbocycles. The first kappa shape index (κ1) is 21.2. The third-order valence-electron chi connectivity index (χ3n) is 5.30. The van der Waals surface area contributed by atoms with Gasteiger partial charge in [-0.1, -0.05) is 43.2 Å². The van der Waals surface area contributed by atoms with Crippen molar-refractivity contribution >= 4 is 11.9 Å². The number of benzene rings is 1. The molecule has 0 radical (unpaired) electrons. The second kappa shape index (κ2) is 9.22. The molecule has 1 atom stereocenters. The Balaban J connectivity index is 2.08. The molecule has 1 aromatic rings. The highest BCUT2D eigenvalue weighted by molar-refractivity contribution is 5.85. The van der Waals surface area contributed by atoms with E-state index in [2.05, 4.69) is 15.6 Å². The Morgan fingerprint density at radius 1 is 1.22 bits per heavy atom. The molecular formula is C21H34N4O2. The number of aliphatic imine (C=N–C) groups is 1. The predicted molar refractivity (Wildman–Crippen MR) is 110 cm³/mol. The summed E-state index contributed by atoms with van der Waals surface area (Å²) in [5.41, 5.74) is -0.574. The quantitative estimate of drug-likeness (QED) is 0.505. The summed E-state index contributed by atoms with van der Waals surface area (Å²) in [6.07, 6.45) is 3.96. The van der Waals surface area contributed by atoms with E-state index in [1.165, 1.54) is 0 Å². The summed E-state index contributed by atoms with van der Waals surface area (Å²) in [5, 5.41) is 17.3. The van der Waals surface area contributed by atoms with Gasteiger partial charge in [-0.2, -0.15) is 0 Å². The van der Waals surface area contributed by atoms with Gasteiger partial charge >= 0.3 is 0 Å². The average Bonchev–Trinajstić information content (AvgIpc) is 3.14. The van der Waals surface area contributed by atoms with Crippen LogP contribution in [0.5, 0.6) is 0 Å². The smallest absolute Gasteiger partial charge is 0.230 e. The summed E-state index contributed by atoms with van der Waals surface area (Å²) in [6.45, 7) is 5.28. The Labute approximate surface area is 163 Å². The topological polar surface area (TPSA) is 77.0 Å². The van der Waals surface area contributed by atoms with E-state index in [4.69, 9.17) is 0 Å². The van der Waals surface area contributed by atoms with Crippen LogP contribution in [0.4, 0.5) is 0 Å². The number of carbonyl (C=O) groups is 1. The van der Waals surface area contributed by atoms with E-state index in [9.17, 15) is 9.90 Å². The first-order chi connectivity index (χ1) is 12.8. The van der Waals surface area contributed by atoms with E-state index in [0.717, 1.165) is 31.2 Å². The van der Waals surface area contributed by atoms with Crippen molar-refractivity contribution in [3.63, 3.8) is 0 Å². The number of nitrogens with zero attached hydrogens (tertiary/aromatic N) is 2. The van der Waals surface area contributed by atoms with E-state index >= 15 is 0 Å². The van der Waals surface area contributed by atoms with Crippen LogP contribution >= 0.6 is 0 Å². The molecule has 27 heavy (non-hydrogen) atoms. The van der Waals surface area contributed by atoms with Crippen LogP contribution < -0.4 is 10.6 Å². The molecule has 6 nitrogen and oxygen atoms in total. The zero-order valence-electron chi connectivity index (χ0n) is 17.1. The molecular weight excluding hydrogens is 340 g/mol. The molecule has 1 unspecified atom stereocenters. The van der Waals surface area contributed by atoms with Gasteiger partial charge in [0, 0.05) is 27.2 Å². The van der Waals surface area contributed by atoms with Crippen LogP contribution in [0.1, 0.15) is 45.1 Å². The molecule has 3 N–H and O–H groups in total. The van der Waals surface area contributed by atoms with E-state index in [1.807, 2.05) is 51.4 Å². The Kier molecular flexibility index (Phi) is 7.25. The van der Waals surface area contributed by atoms with Gasteiger partial charge in [-0.25, -0.2) is 4.99 Å². The molecule has 0 aliphatic heterocycles. The third-order valence-corrected chi connectivity index (χ3v) is 5.30. The summed E-state index contributed by atoms with van der Waals surface area (Å²) in [5.74, 6) is 0.811. The van der Waals surface area contributed by atoms with Crippen molar-refractivity contribution in [1.29, 1.82) is 0 Å². The zero-order chi connectivity index (χ0) is 19.9. The number of guanidine groups is 1. The minimum atomic E-state index is -1.05. The predicted octanol–water partition coefficient (Wildman–Crippen LogP) is 2.10. The van der Waals surface area contributed by atoms with Gasteiger partial charge < -0.3 is 20.6 Å². The van der Waals surface area contributed by atoms with Crippen molar-refractivity contribution in [3.8, 4) is 0 Å². The van der Waals surface area contributed by atoms with Crippen LogP contribution in [0.25, 0.3) is 0 Å². The van der Waals surface area contributed by atoms with Gasteiger partial charge in [-0.05, 0) is 32.3 Å². The summed E-state index contributed by atoms with van der Waals surface area (Å²) < 4.78 is 0. The van der Waals surface area contributed by atoms with Gasteiger partial charge in [0.15, 0.2) is 5.96 Å². The summed E-state index contributed by atoms with van der Waals surface area (Å²) in [7, 11) is 3.64. The molecule has 1 aliphatic rings. The van der Waals surface area contributed by atoms with Crippen molar-refractivity contribution < 1.29 is 9.90 Å². The molecule has 2 rings (SSSR count). The Bertz CT molecular complexity index is 635. The van der Waals surface area contributed by atoms with Crippen LogP contribution in [-0.2, 0) is 10.4 Å². The highest BCUT2D eigenvalue weighted by Gasteiger charge is 2.42. The molecule has 1 fully saturated rings. The van der Waals surface area contributed by atoms with Crippen LogP contribution in [0.15, 0.2) is 35.3 Å². The Morgan fingerprint density at radius 3 is 2.41 bits per heavy atom.